The van der Waals surface area contributed by atoms with Crippen molar-refractivity contribution >= 4 is 17.9 Å². The molecule has 3 N–H and O–H groups in total. The molecule has 2 rings (SSSR count). The van der Waals surface area contributed by atoms with Crippen LogP contribution in [0.1, 0.15) is 40.0 Å². The summed E-state index contributed by atoms with van der Waals surface area (Å²) in [4.78, 5) is 37.1. The van der Waals surface area contributed by atoms with Crippen molar-refractivity contribution in [2.75, 3.05) is 26.2 Å². The van der Waals surface area contributed by atoms with Crippen molar-refractivity contribution in [3.05, 3.63) is 0 Å². The van der Waals surface area contributed by atoms with Crippen LogP contribution in [0.4, 0.5) is 4.79 Å². The Hall–Kier alpha value is -1.79. The first-order valence-electron chi connectivity index (χ1n) is 8.21. The Morgan fingerprint density at radius 2 is 1.87 bits per heavy atom. The molecule has 0 bridgehead atoms. The van der Waals surface area contributed by atoms with E-state index < -0.39 is 16.8 Å². The van der Waals surface area contributed by atoms with E-state index in [0.717, 1.165) is 12.8 Å². The molecule has 0 aromatic rings. The fourth-order valence-corrected chi connectivity index (χ4v) is 3.52. The Morgan fingerprint density at radius 3 is 2.43 bits per heavy atom. The van der Waals surface area contributed by atoms with Crippen LogP contribution < -0.4 is 10.6 Å². The number of carboxylic acid groups (broad SMARTS) is 1. The van der Waals surface area contributed by atoms with Gasteiger partial charge in [0.15, 0.2) is 0 Å². The van der Waals surface area contributed by atoms with Gasteiger partial charge in [-0.1, -0.05) is 27.2 Å². The quantitative estimate of drug-likeness (QED) is 0.673. The number of aliphatic carboxylic acids is 1. The Bertz CT molecular complexity index is 500. The van der Waals surface area contributed by atoms with Crippen molar-refractivity contribution < 1.29 is 19.5 Å². The van der Waals surface area contributed by atoms with E-state index in [4.69, 9.17) is 0 Å². The van der Waals surface area contributed by atoms with Crippen LogP contribution in [0.5, 0.6) is 0 Å². The highest BCUT2D eigenvalue weighted by molar-refractivity contribution is 5.82. The summed E-state index contributed by atoms with van der Waals surface area (Å²) in [5.74, 6) is -0.786. The number of nitrogens with zero attached hydrogens (tertiary/aromatic N) is 1. The summed E-state index contributed by atoms with van der Waals surface area (Å²) < 4.78 is 0. The summed E-state index contributed by atoms with van der Waals surface area (Å²) in [5.41, 5.74) is -1.21. The Kier molecular flexibility index (Phi) is 4.87. The molecule has 23 heavy (non-hydrogen) atoms. The highest BCUT2D eigenvalue weighted by Crippen LogP contribution is 2.48. The van der Waals surface area contributed by atoms with E-state index in [2.05, 4.69) is 10.6 Å². The molecule has 1 heterocycles. The van der Waals surface area contributed by atoms with E-state index >= 15 is 0 Å². The molecule has 2 aliphatic rings. The lowest BCUT2D eigenvalue weighted by Gasteiger charge is -2.23. The molecule has 1 aliphatic carbocycles. The summed E-state index contributed by atoms with van der Waals surface area (Å²) in [5, 5.41) is 15.0. The predicted molar refractivity (Wildman–Crippen MR) is 84.8 cm³/mol. The number of likely N-dealkylation sites (tertiary alicyclic amines) is 1. The average molecular weight is 325 g/mol. The van der Waals surface area contributed by atoms with Crippen LogP contribution in [0.2, 0.25) is 0 Å². The van der Waals surface area contributed by atoms with Gasteiger partial charge in [0.1, 0.15) is 0 Å². The van der Waals surface area contributed by atoms with E-state index in [9.17, 15) is 19.5 Å². The van der Waals surface area contributed by atoms with Gasteiger partial charge in [-0.15, -0.1) is 0 Å². The van der Waals surface area contributed by atoms with Crippen molar-refractivity contribution in [2.45, 2.75) is 40.0 Å². The lowest BCUT2D eigenvalue weighted by molar-refractivity contribution is -0.149. The zero-order valence-electron chi connectivity index (χ0n) is 14.1. The van der Waals surface area contributed by atoms with Gasteiger partial charge < -0.3 is 20.6 Å². The summed E-state index contributed by atoms with van der Waals surface area (Å²) in [6, 6.07) is -0.245. The number of carbonyl (C=O) groups excluding carboxylic acids is 2. The number of hydrogen-bond donors (Lipinski definition) is 3. The number of nitrogens with one attached hydrogen (secondary N) is 2. The minimum atomic E-state index is -0.784. The molecule has 0 spiro atoms. The first-order chi connectivity index (χ1) is 10.7. The molecular weight excluding hydrogens is 298 g/mol. The molecule has 7 heteroatoms. The molecule has 0 radical (unpaired) electrons. The maximum atomic E-state index is 12.2. The third kappa shape index (κ3) is 3.59. The van der Waals surface area contributed by atoms with Crippen LogP contribution in [-0.2, 0) is 9.59 Å². The second kappa shape index (κ2) is 6.37. The predicted octanol–water partition coefficient (Wildman–Crippen LogP) is 1.05. The molecule has 7 nitrogen and oxygen atoms in total. The molecule has 1 aliphatic heterocycles. The Morgan fingerprint density at radius 1 is 1.22 bits per heavy atom. The Balaban J connectivity index is 1.78. The third-order valence-corrected chi connectivity index (χ3v) is 4.95. The smallest absolute Gasteiger partial charge is 0.317 e. The normalized spacial score (nSPS) is 26.7. The van der Waals surface area contributed by atoms with Crippen molar-refractivity contribution in [3.8, 4) is 0 Å². The third-order valence-electron chi connectivity index (χ3n) is 4.95. The number of amides is 3. The topological polar surface area (TPSA) is 98.7 Å². The maximum Gasteiger partial charge on any atom is 0.317 e. The maximum absolute atomic E-state index is 12.2. The van der Waals surface area contributed by atoms with E-state index in [1.807, 2.05) is 20.8 Å². The number of hydrogen-bond acceptors (Lipinski definition) is 3. The number of rotatable bonds is 4. The summed E-state index contributed by atoms with van der Waals surface area (Å²) in [6.07, 6.45) is 2.45. The molecule has 0 aromatic carbocycles. The Labute approximate surface area is 136 Å². The molecule has 0 aromatic heterocycles. The SMILES string of the molecule is CC(C)(C)C(=O)NCCNC(=O)N1C[C@@H]2CCC[C@@]2(C(=O)O)C1. The van der Waals surface area contributed by atoms with Crippen LogP contribution in [0.3, 0.4) is 0 Å². The number of fused-ring (bicyclic) bond motifs is 1. The zero-order chi connectivity index (χ0) is 17.3. The van der Waals surface area contributed by atoms with Gasteiger partial charge in [0.05, 0.1) is 5.41 Å². The van der Waals surface area contributed by atoms with Crippen molar-refractivity contribution in [1.82, 2.24) is 15.5 Å². The van der Waals surface area contributed by atoms with Crippen LogP contribution in [0.25, 0.3) is 0 Å². The van der Waals surface area contributed by atoms with Gasteiger partial charge >= 0.3 is 12.0 Å². The second-order valence-electron chi connectivity index (χ2n) is 7.67. The highest BCUT2D eigenvalue weighted by Gasteiger charge is 2.55. The number of carboxylic acids is 1. The van der Waals surface area contributed by atoms with Crippen LogP contribution in [-0.4, -0.2) is 54.1 Å². The standard InChI is InChI=1S/C16H27N3O4/c1-15(2,3)12(20)17-7-8-18-14(23)19-9-11-5-4-6-16(11,10-19)13(21)22/h11H,4-10H2,1-3H3,(H,17,20)(H,18,23)(H,21,22)/t11-,16+/m0/s1. The summed E-state index contributed by atoms with van der Waals surface area (Å²) in [6.45, 7) is 6.98. The van der Waals surface area contributed by atoms with Gasteiger partial charge in [-0.2, -0.15) is 0 Å². The molecular formula is C16H27N3O4. The fraction of sp³-hybridized carbons (Fsp3) is 0.812. The van der Waals surface area contributed by atoms with Gasteiger partial charge in [0.25, 0.3) is 0 Å². The molecule has 0 unspecified atom stereocenters. The largest absolute Gasteiger partial charge is 0.481 e. The molecule has 130 valence electrons. The number of carbonyl (C=O) groups is 3. The van der Waals surface area contributed by atoms with Gasteiger partial charge in [-0.3, -0.25) is 9.59 Å². The van der Waals surface area contributed by atoms with E-state index in [-0.39, 0.29) is 24.4 Å². The van der Waals surface area contributed by atoms with Crippen LogP contribution in [0.15, 0.2) is 0 Å². The molecule has 2 atom stereocenters. The summed E-state index contributed by atoms with van der Waals surface area (Å²) >= 11 is 0. The average Bonchev–Trinajstić information content (AvgIpc) is 2.99. The molecule has 1 saturated carbocycles. The molecule has 3 amide bonds. The van der Waals surface area contributed by atoms with Gasteiger partial charge in [-0.05, 0) is 18.8 Å². The first kappa shape index (κ1) is 17.6. The van der Waals surface area contributed by atoms with Crippen molar-refractivity contribution in [3.63, 3.8) is 0 Å². The van der Waals surface area contributed by atoms with Crippen molar-refractivity contribution in [1.29, 1.82) is 0 Å². The zero-order valence-corrected chi connectivity index (χ0v) is 14.1. The summed E-state index contributed by atoms with van der Waals surface area (Å²) in [7, 11) is 0. The van der Waals surface area contributed by atoms with Gasteiger partial charge in [-0.25, -0.2) is 4.79 Å². The minimum Gasteiger partial charge on any atom is -0.481 e. The molecule has 2 fully saturated rings. The monoisotopic (exact) mass is 325 g/mol. The van der Waals surface area contributed by atoms with E-state index in [1.165, 1.54) is 0 Å². The molecule has 1 saturated heterocycles. The first-order valence-corrected chi connectivity index (χ1v) is 8.21. The highest BCUT2D eigenvalue weighted by atomic mass is 16.4. The lowest BCUT2D eigenvalue weighted by atomic mass is 9.81. The number of urea groups is 1. The van der Waals surface area contributed by atoms with E-state index in [1.54, 1.807) is 4.90 Å². The second-order valence-corrected chi connectivity index (χ2v) is 7.67. The van der Waals surface area contributed by atoms with Crippen molar-refractivity contribution in [2.24, 2.45) is 16.7 Å². The van der Waals surface area contributed by atoms with E-state index in [0.29, 0.717) is 26.1 Å². The van der Waals surface area contributed by atoms with Crippen LogP contribution >= 0.6 is 0 Å². The fourth-order valence-electron chi connectivity index (χ4n) is 3.52. The van der Waals surface area contributed by atoms with Gasteiger partial charge in [0, 0.05) is 31.6 Å². The van der Waals surface area contributed by atoms with Crippen LogP contribution in [0, 0.1) is 16.7 Å². The van der Waals surface area contributed by atoms with Gasteiger partial charge in [0.2, 0.25) is 5.91 Å². The lowest BCUT2D eigenvalue weighted by Crippen LogP contribution is -2.45. The minimum absolute atomic E-state index is 0.0614.